The molecule has 0 aromatic heterocycles. The first-order valence-electron chi connectivity index (χ1n) is 4.05. The second-order valence-electron chi connectivity index (χ2n) is 3.16. The summed E-state index contributed by atoms with van der Waals surface area (Å²) in [4.78, 5) is 10.9. The van der Waals surface area contributed by atoms with E-state index in [1.807, 2.05) is 0 Å². The van der Waals surface area contributed by atoms with Crippen molar-refractivity contribution in [1.29, 1.82) is 0 Å². The Hall–Kier alpha value is -1.38. The highest BCUT2D eigenvalue weighted by Gasteiger charge is 2.10. The highest BCUT2D eigenvalue weighted by Crippen LogP contribution is 2.20. The monoisotopic (exact) mass is 182 g/mol. The maximum absolute atomic E-state index is 13.3. The van der Waals surface area contributed by atoms with Crippen molar-refractivity contribution >= 4 is 0 Å². The molecule has 1 N–H and O–H groups in total. The molecule has 1 rings (SSSR count). The summed E-state index contributed by atoms with van der Waals surface area (Å²) in [6.45, 7) is 3.59. The van der Waals surface area contributed by atoms with E-state index in [-0.39, 0.29) is 5.92 Å². The van der Waals surface area contributed by atoms with E-state index in [9.17, 15) is 9.18 Å². The summed E-state index contributed by atoms with van der Waals surface area (Å²) in [6.07, 6.45) is 0. The van der Waals surface area contributed by atoms with Crippen LogP contribution in [0.2, 0.25) is 0 Å². The Balaban J connectivity index is 3.52. The molecule has 70 valence electrons. The molecule has 3 heteroatoms. The molecule has 0 bridgehead atoms. The summed E-state index contributed by atoms with van der Waals surface area (Å²) >= 11 is 0. The Morgan fingerprint density at radius 2 is 2.00 bits per heavy atom. The van der Waals surface area contributed by atoms with Gasteiger partial charge in [0.2, 0.25) is 5.43 Å². The number of halogens is 1. The number of rotatable bonds is 1. The Morgan fingerprint density at radius 3 is 2.54 bits per heavy atom. The molecule has 0 aliphatic carbocycles. The van der Waals surface area contributed by atoms with E-state index in [0.717, 1.165) is 6.07 Å². The molecule has 0 atom stereocenters. The molecule has 13 heavy (non-hydrogen) atoms. The Kier molecular flexibility index (Phi) is 2.66. The van der Waals surface area contributed by atoms with E-state index < -0.39 is 17.0 Å². The van der Waals surface area contributed by atoms with Gasteiger partial charge < -0.3 is 5.11 Å². The van der Waals surface area contributed by atoms with Crippen LogP contribution in [0.15, 0.2) is 23.0 Å². The van der Waals surface area contributed by atoms with Gasteiger partial charge in [-0.3, -0.25) is 4.79 Å². The average molecular weight is 182 g/mol. The smallest absolute Gasteiger partial charge is 0.223 e. The van der Waals surface area contributed by atoms with Gasteiger partial charge in [0.05, 0.1) is 0 Å². The van der Waals surface area contributed by atoms with Crippen molar-refractivity contribution in [2.24, 2.45) is 0 Å². The van der Waals surface area contributed by atoms with Crippen LogP contribution < -0.4 is 5.43 Å². The van der Waals surface area contributed by atoms with Crippen molar-refractivity contribution in [3.63, 3.8) is 0 Å². The van der Waals surface area contributed by atoms with Gasteiger partial charge in [-0.25, -0.2) is 4.39 Å². The van der Waals surface area contributed by atoms with E-state index in [2.05, 4.69) is 0 Å². The summed E-state index contributed by atoms with van der Waals surface area (Å²) < 4.78 is 13.3. The quantitative estimate of drug-likeness (QED) is 0.721. The van der Waals surface area contributed by atoms with Crippen LogP contribution in [0, 0.1) is 5.82 Å². The number of aromatic hydroxyl groups is 1. The second kappa shape index (κ2) is 3.56. The van der Waals surface area contributed by atoms with Crippen LogP contribution in [0.25, 0.3) is 0 Å². The molecular weight excluding hydrogens is 171 g/mol. The van der Waals surface area contributed by atoms with Crippen molar-refractivity contribution in [2.45, 2.75) is 19.8 Å². The predicted molar refractivity (Wildman–Crippen MR) is 48.4 cm³/mol. The SMILES string of the molecule is CC(C)c1cccc(=O)c(O)c1F. The molecule has 0 amide bonds. The lowest BCUT2D eigenvalue weighted by molar-refractivity contribution is 0.424. The topological polar surface area (TPSA) is 37.3 Å². The summed E-state index contributed by atoms with van der Waals surface area (Å²) in [6, 6.07) is 4.09. The number of hydrogen-bond donors (Lipinski definition) is 1. The molecule has 0 heterocycles. The summed E-state index contributed by atoms with van der Waals surface area (Å²) in [5.74, 6) is -1.67. The van der Waals surface area contributed by atoms with Crippen molar-refractivity contribution < 1.29 is 9.50 Å². The van der Waals surface area contributed by atoms with Gasteiger partial charge in [0.1, 0.15) is 0 Å². The van der Waals surface area contributed by atoms with Gasteiger partial charge in [0.15, 0.2) is 11.6 Å². The lowest BCUT2D eigenvalue weighted by Crippen LogP contribution is -1.97. The summed E-state index contributed by atoms with van der Waals surface area (Å²) in [5, 5.41) is 9.11. The van der Waals surface area contributed by atoms with Gasteiger partial charge in [-0.1, -0.05) is 26.0 Å². The molecule has 0 aliphatic heterocycles. The molecular formula is C10H11FO2. The first kappa shape index (κ1) is 9.71. The van der Waals surface area contributed by atoms with E-state index >= 15 is 0 Å². The zero-order valence-corrected chi connectivity index (χ0v) is 7.54. The number of hydrogen-bond acceptors (Lipinski definition) is 2. The van der Waals surface area contributed by atoms with Crippen LogP contribution in [0.4, 0.5) is 4.39 Å². The van der Waals surface area contributed by atoms with Gasteiger partial charge in [-0.15, -0.1) is 0 Å². The fourth-order valence-electron chi connectivity index (χ4n) is 1.08. The highest BCUT2D eigenvalue weighted by molar-refractivity contribution is 5.30. The first-order valence-corrected chi connectivity index (χ1v) is 4.05. The van der Waals surface area contributed by atoms with Gasteiger partial charge >= 0.3 is 0 Å². The van der Waals surface area contributed by atoms with Crippen molar-refractivity contribution in [2.75, 3.05) is 0 Å². The zero-order valence-electron chi connectivity index (χ0n) is 7.54. The maximum Gasteiger partial charge on any atom is 0.223 e. The lowest BCUT2D eigenvalue weighted by atomic mass is 10.1. The Labute approximate surface area is 75.7 Å². The molecule has 1 aromatic carbocycles. The van der Waals surface area contributed by atoms with Crippen LogP contribution in [-0.4, -0.2) is 5.11 Å². The van der Waals surface area contributed by atoms with Crippen LogP contribution in [0.1, 0.15) is 25.3 Å². The third kappa shape index (κ3) is 1.86. The highest BCUT2D eigenvalue weighted by atomic mass is 19.1. The van der Waals surface area contributed by atoms with Crippen molar-refractivity contribution in [1.82, 2.24) is 0 Å². The summed E-state index contributed by atoms with van der Waals surface area (Å²) in [7, 11) is 0. The van der Waals surface area contributed by atoms with Crippen LogP contribution in [-0.2, 0) is 0 Å². The van der Waals surface area contributed by atoms with Gasteiger partial charge in [-0.2, -0.15) is 0 Å². The van der Waals surface area contributed by atoms with Crippen LogP contribution in [0.5, 0.6) is 5.75 Å². The lowest BCUT2D eigenvalue weighted by Gasteiger charge is -2.02. The minimum Gasteiger partial charge on any atom is -0.502 e. The Bertz CT molecular complexity index is 372. The molecule has 0 aliphatic rings. The van der Waals surface area contributed by atoms with Gasteiger partial charge in [-0.05, 0) is 17.5 Å². The van der Waals surface area contributed by atoms with Crippen molar-refractivity contribution in [3.05, 3.63) is 39.8 Å². The molecule has 0 fully saturated rings. The van der Waals surface area contributed by atoms with Crippen molar-refractivity contribution in [3.8, 4) is 5.75 Å². The zero-order chi connectivity index (χ0) is 10.0. The van der Waals surface area contributed by atoms with Crippen LogP contribution >= 0.6 is 0 Å². The molecule has 0 radical (unpaired) electrons. The second-order valence-corrected chi connectivity index (χ2v) is 3.16. The molecule has 1 aromatic rings. The molecule has 2 nitrogen and oxygen atoms in total. The third-order valence-corrected chi connectivity index (χ3v) is 1.84. The molecule has 0 saturated carbocycles. The predicted octanol–water partition coefficient (Wildman–Crippen LogP) is 2.01. The fraction of sp³-hybridized carbons (Fsp3) is 0.300. The van der Waals surface area contributed by atoms with E-state index in [1.54, 1.807) is 13.8 Å². The average Bonchev–Trinajstić information content (AvgIpc) is 2.18. The van der Waals surface area contributed by atoms with E-state index in [1.165, 1.54) is 12.1 Å². The maximum atomic E-state index is 13.3. The minimum atomic E-state index is -0.815. The third-order valence-electron chi connectivity index (χ3n) is 1.84. The normalized spacial score (nSPS) is 10.5. The fourth-order valence-corrected chi connectivity index (χ4v) is 1.08. The molecule has 0 saturated heterocycles. The van der Waals surface area contributed by atoms with E-state index in [4.69, 9.17) is 5.11 Å². The van der Waals surface area contributed by atoms with Gasteiger partial charge in [0, 0.05) is 0 Å². The summed E-state index contributed by atoms with van der Waals surface area (Å²) in [5.41, 5.74) is -0.344. The first-order chi connectivity index (χ1) is 6.04. The van der Waals surface area contributed by atoms with E-state index in [0.29, 0.717) is 5.56 Å². The Morgan fingerprint density at radius 1 is 1.38 bits per heavy atom. The minimum absolute atomic E-state index is 0.0577. The standard InChI is InChI=1S/C10H11FO2/c1-6(2)7-4-3-5-8(12)10(13)9(7)11/h3-6H,1-2H3,(H,12,13). The molecule has 0 spiro atoms. The van der Waals surface area contributed by atoms with Crippen LogP contribution in [0.3, 0.4) is 0 Å². The molecule has 0 unspecified atom stereocenters. The van der Waals surface area contributed by atoms with Gasteiger partial charge in [0.25, 0.3) is 0 Å². The largest absolute Gasteiger partial charge is 0.502 e.